The summed E-state index contributed by atoms with van der Waals surface area (Å²) in [6.07, 6.45) is 6.26. The number of aromatic nitrogens is 1. The molecule has 2 atom stereocenters. The molecule has 2 heteroatoms. The monoisotopic (exact) mass is 220 g/mol. The Morgan fingerprint density at radius 3 is 2.75 bits per heavy atom. The Bertz CT molecular complexity index is 271. The van der Waals surface area contributed by atoms with Crippen LogP contribution in [0.25, 0.3) is 0 Å². The predicted molar refractivity (Wildman–Crippen MR) is 69.6 cm³/mol. The number of pyridine rings is 1. The van der Waals surface area contributed by atoms with Crippen LogP contribution in [-0.4, -0.2) is 18.1 Å². The molecule has 0 aliphatic heterocycles. The van der Waals surface area contributed by atoms with Crippen molar-refractivity contribution in [2.24, 2.45) is 5.92 Å². The molecule has 0 aromatic carbocycles. The first-order chi connectivity index (χ1) is 7.79. The number of rotatable bonds is 7. The molecule has 1 N–H and O–H groups in total. The molecule has 0 aliphatic rings. The van der Waals surface area contributed by atoms with Crippen molar-refractivity contribution in [1.29, 1.82) is 0 Å². The molecule has 1 aromatic rings. The number of nitrogens with one attached hydrogen (secondary N) is 1. The molecule has 0 aliphatic carbocycles. The van der Waals surface area contributed by atoms with Crippen molar-refractivity contribution in [3.8, 4) is 0 Å². The van der Waals surface area contributed by atoms with Crippen LogP contribution in [0.15, 0.2) is 24.5 Å². The highest BCUT2D eigenvalue weighted by Gasteiger charge is 2.17. The molecule has 0 saturated carbocycles. The molecule has 0 amide bonds. The molecule has 0 fully saturated rings. The van der Waals surface area contributed by atoms with Gasteiger partial charge in [-0.25, -0.2) is 0 Å². The largest absolute Gasteiger partial charge is 0.316 e. The first-order valence-corrected chi connectivity index (χ1v) is 6.40. The molecule has 0 spiro atoms. The highest BCUT2D eigenvalue weighted by molar-refractivity contribution is 5.16. The van der Waals surface area contributed by atoms with Gasteiger partial charge in [0.15, 0.2) is 0 Å². The molecule has 1 aromatic heterocycles. The van der Waals surface area contributed by atoms with E-state index in [1.807, 2.05) is 18.5 Å². The fourth-order valence-electron chi connectivity index (χ4n) is 1.96. The Morgan fingerprint density at radius 1 is 1.38 bits per heavy atom. The Kier molecular flexibility index (Phi) is 6.09. The van der Waals surface area contributed by atoms with E-state index in [9.17, 15) is 0 Å². The zero-order valence-corrected chi connectivity index (χ0v) is 10.7. The van der Waals surface area contributed by atoms with Crippen molar-refractivity contribution in [2.75, 3.05) is 13.1 Å². The van der Waals surface area contributed by atoms with Gasteiger partial charge in [-0.15, -0.1) is 0 Å². The summed E-state index contributed by atoms with van der Waals surface area (Å²) in [5, 5.41) is 3.52. The molecule has 2 unspecified atom stereocenters. The quantitative estimate of drug-likeness (QED) is 0.714. The molecule has 2 nitrogen and oxygen atoms in total. The van der Waals surface area contributed by atoms with E-state index in [2.05, 4.69) is 37.1 Å². The van der Waals surface area contributed by atoms with Crippen LogP contribution in [0.5, 0.6) is 0 Å². The Hall–Kier alpha value is -0.890. The summed E-state index contributed by atoms with van der Waals surface area (Å²) in [5.74, 6) is 1.29. The zero-order chi connectivity index (χ0) is 11.8. The van der Waals surface area contributed by atoms with Gasteiger partial charge in [0.1, 0.15) is 0 Å². The van der Waals surface area contributed by atoms with Gasteiger partial charge in [-0.1, -0.05) is 33.3 Å². The molecular weight excluding hydrogens is 196 g/mol. The maximum atomic E-state index is 4.22. The summed E-state index contributed by atoms with van der Waals surface area (Å²) < 4.78 is 0. The molecule has 16 heavy (non-hydrogen) atoms. The second-order valence-corrected chi connectivity index (χ2v) is 4.48. The summed E-state index contributed by atoms with van der Waals surface area (Å²) >= 11 is 0. The maximum absolute atomic E-state index is 4.22. The Balaban J connectivity index is 2.64. The van der Waals surface area contributed by atoms with Crippen LogP contribution < -0.4 is 5.32 Å². The van der Waals surface area contributed by atoms with Crippen LogP contribution in [-0.2, 0) is 0 Å². The summed E-state index contributed by atoms with van der Waals surface area (Å²) in [6, 6.07) is 4.22. The van der Waals surface area contributed by atoms with E-state index >= 15 is 0 Å². The molecule has 0 saturated heterocycles. The van der Waals surface area contributed by atoms with Crippen LogP contribution in [0.3, 0.4) is 0 Å². The van der Waals surface area contributed by atoms with E-state index in [4.69, 9.17) is 0 Å². The van der Waals surface area contributed by atoms with E-state index in [0.717, 1.165) is 13.1 Å². The van der Waals surface area contributed by atoms with Crippen molar-refractivity contribution in [1.82, 2.24) is 10.3 Å². The van der Waals surface area contributed by atoms with Crippen molar-refractivity contribution in [3.05, 3.63) is 30.1 Å². The maximum Gasteiger partial charge on any atom is 0.0303 e. The first kappa shape index (κ1) is 13.2. The molecule has 90 valence electrons. The van der Waals surface area contributed by atoms with E-state index in [1.54, 1.807) is 0 Å². The third-order valence-corrected chi connectivity index (χ3v) is 3.23. The van der Waals surface area contributed by atoms with Crippen LogP contribution in [0, 0.1) is 5.92 Å². The van der Waals surface area contributed by atoms with E-state index < -0.39 is 0 Å². The van der Waals surface area contributed by atoms with E-state index in [1.165, 1.54) is 18.4 Å². The first-order valence-electron chi connectivity index (χ1n) is 6.40. The lowest BCUT2D eigenvalue weighted by Crippen LogP contribution is -2.26. The van der Waals surface area contributed by atoms with Gasteiger partial charge in [0.25, 0.3) is 0 Å². The van der Waals surface area contributed by atoms with E-state index in [-0.39, 0.29) is 0 Å². The summed E-state index contributed by atoms with van der Waals surface area (Å²) in [7, 11) is 0. The summed E-state index contributed by atoms with van der Waals surface area (Å²) in [6.45, 7) is 8.95. The molecule has 0 radical (unpaired) electrons. The minimum absolute atomic E-state index is 0.588. The van der Waals surface area contributed by atoms with Crippen LogP contribution >= 0.6 is 0 Å². The average molecular weight is 220 g/mol. The highest BCUT2D eigenvalue weighted by atomic mass is 14.9. The average Bonchev–Trinajstić information content (AvgIpc) is 2.35. The number of hydrogen-bond acceptors (Lipinski definition) is 2. The van der Waals surface area contributed by atoms with Crippen LogP contribution in [0.1, 0.15) is 45.1 Å². The second-order valence-electron chi connectivity index (χ2n) is 4.48. The van der Waals surface area contributed by atoms with Gasteiger partial charge < -0.3 is 5.32 Å². The van der Waals surface area contributed by atoms with Gasteiger partial charge >= 0.3 is 0 Å². The van der Waals surface area contributed by atoms with Gasteiger partial charge in [-0.3, -0.25) is 4.98 Å². The van der Waals surface area contributed by atoms with Crippen molar-refractivity contribution in [2.45, 2.75) is 39.5 Å². The van der Waals surface area contributed by atoms with Gasteiger partial charge in [0.05, 0.1) is 0 Å². The summed E-state index contributed by atoms with van der Waals surface area (Å²) in [4.78, 5) is 4.22. The molecule has 0 bridgehead atoms. The van der Waals surface area contributed by atoms with Crippen LogP contribution in [0.4, 0.5) is 0 Å². The smallest absolute Gasteiger partial charge is 0.0303 e. The van der Waals surface area contributed by atoms with Gasteiger partial charge in [0.2, 0.25) is 0 Å². The molecular formula is C14H24N2. The number of nitrogens with zero attached hydrogens (tertiary/aromatic N) is 1. The van der Waals surface area contributed by atoms with E-state index in [0.29, 0.717) is 11.8 Å². The van der Waals surface area contributed by atoms with Crippen LogP contribution in [0.2, 0.25) is 0 Å². The normalized spacial score (nSPS) is 14.7. The summed E-state index contributed by atoms with van der Waals surface area (Å²) in [5.41, 5.74) is 1.36. The lowest BCUT2D eigenvalue weighted by atomic mass is 9.86. The predicted octanol–water partition coefficient (Wildman–Crippen LogP) is 3.21. The minimum Gasteiger partial charge on any atom is -0.316 e. The second kappa shape index (κ2) is 7.39. The standard InChI is InChI=1S/C14H24N2/c1-4-8-15-11-14(12(3)5-2)13-7-6-9-16-10-13/h6-7,9-10,12,14-15H,4-5,8,11H2,1-3H3. The molecule has 1 rings (SSSR count). The lowest BCUT2D eigenvalue weighted by molar-refractivity contribution is 0.420. The SMILES string of the molecule is CCCNCC(c1cccnc1)C(C)CC. The fourth-order valence-corrected chi connectivity index (χ4v) is 1.96. The Morgan fingerprint density at radius 2 is 2.19 bits per heavy atom. The molecule has 1 heterocycles. The van der Waals surface area contributed by atoms with Crippen molar-refractivity contribution < 1.29 is 0 Å². The third-order valence-electron chi connectivity index (χ3n) is 3.23. The minimum atomic E-state index is 0.588. The number of hydrogen-bond donors (Lipinski definition) is 1. The van der Waals surface area contributed by atoms with Gasteiger partial charge in [-0.2, -0.15) is 0 Å². The zero-order valence-electron chi connectivity index (χ0n) is 10.7. The van der Waals surface area contributed by atoms with Crippen molar-refractivity contribution >= 4 is 0 Å². The van der Waals surface area contributed by atoms with Gasteiger partial charge in [0, 0.05) is 24.9 Å². The highest BCUT2D eigenvalue weighted by Crippen LogP contribution is 2.25. The Labute approximate surface area is 99.5 Å². The topological polar surface area (TPSA) is 24.9 Å². The fraction of sp³-hybridized carbons (Fsp3) is 0.643. The lowest BCUT2D eigenvalue weighted by Gasteiger charge is -2.23. The van der Waals surface area contributed by atoms with Gasteiger partial charge in [-0.05, 0) is 30.5 Å². The third kappa shape index (κ3) is 3.93. The van der Waals surface area contributed by atoms with Crippen molar-refractivity contribution in [3.63, 3.8) is 0 Å².